The van der Waals surface area contributed by atoms with Crippen LogP contribution in [-0.2, 0) is 27.8 Å². The van der Waals surface area contributed by atoms with E-state index in [0.717, 1.165) is 0 Å². The van der Waals surface area contributed by atoms with Crippen LogP contribution in [0.2, 0.25) is 0 Å². The van der Waals surface area contributed by atoms with E-state index in [-0.39, 0.29) is 29.6 Å². The van der Waals surface area contributed by atoms with Crippen LogP contribution < -0.4 is 0 Å². The molecule has 0 spiro atoms. The summed E-state index contributed by atoms with van der Waals surface area (Å²) >= 11 is 0. The Kier molecular flexibility index (Phi) is 12.5. The molecule has 0 radical (unpaired) electrons. The zero-order chi connectivity index (χ0) is 18.4. The van der Waals surface area contributed by atoms with Crippen LogP contribution in [0, 0.1) is 0 Å². The quantitative estimate of drug-likeness (QED) is 0.161. The second-order valence-corrected chi connectivity index (χ2v) is 6.16. The summed E-state index contributed by atoms with van der Waals surface area (Å²) in [4.78, 5) is 61.5. The van der Waals surface area contributed by atoms with Gasteiger partial charge in [0.15, 0.2) is 5.60 Å². The van der Waals surface area contributed by atoms with Crippen molar-refractivity contribution in [2.24, 2.45) is 0 Å². The van der Waals surface area contributed by atoms with E-state index in [4.69, 9.17) is 40.0 Å². The summed E-state index contributed by atoms with van der Waals surface area (Å²) in [6.07, 6.45) is -2.29. The molecule has 0 aliphatic carbocycles. The van der Waals surface area contributed by atoms with Crippen molar-refractivity contribution in [3.63, 3.8) is 0 Å². The van der Waals surface area contributed by atoms with Crippen molar-refractivity contribution >= 4 is 63.1 Å². The minimum atomic E-state index is -5.05. The molecule has 0 unspecified atom stereocenters. The van der Waals surface area contributed by atoms with Gasteiger partial charge in [-0.05, 0) is 0 Å². The Morgan fingerprint density at radius 3 is 1.17 bits per heavy atom. The molecule has 0 aliphatic heterocycles. The predicted octanol–water partition coefficient (Wildman–Crippen LogP) is -2.71. The van der Waals surface area contributed by atoms with Gasteiger partial charge in [-0.3, -0.25) is 9.59 Å². The van der Waals surface area contributed by atoms with Gasteiger partial charge in [0.1, 0.15) is 0 Å². The fraction of sp³-hybridized carbons (Fsp3) is 0.500. The predicted molar refractivity (Wildman–Crippen MR) is 69.4 cm³/mol. The summed E-state index contributed by atoms with van der Waals surface area (Å²) < 4.78 is 22.2. The summed E-state index contributed by atoms with van der Waals surface area (Å²) in [6.45, 7) is 0. The van der Waals surface area contributed by atoms with Crippen molar-refractivity contribution in [1.29, 1.82) is 0 Å². The summed E-state index contributed by atoms with van der Waals surface area (Å²) in [5.74, 6) is -5.02. The Labute approximate surface area is 149 Å². The first-order valence-electron chi connectivity index (χ1n) is 4.70. The number of carboxylic acid groups (broad SMARTS) is 3. The van der Waals surface area contributed by atoms with Gasteiger partial charge in [0.2, 0.25) is 0 Å². The zero-order valence-corrected chi connectivity index (χ0v) is 12.1. The molecule has 0 heterocycles. The summed E-state index contributed by atoms with van der Waals surface area (Å²) in [7, 11) is -10.1. The number of hydrogen-bond donors (Lipinski definition) is 8. The van der Waals surface area contributed by atoms with Crippen LogP contribution in [-0.4, -0.2) is 93.1 Å². The molecule has 0 amide bonds. The molecule has 0 fully saturated rings. The number of aliphatic hydroxyl groups is 1. The molecule has 23 heavy (non-hydrogen) atoms. The zero-order valence-electron chi connectivity index (χ0n) is 10.3. The normalized spacial score (nSPS) is 11.5. The Morgan fingerprint density at radius 1 is 0.826 bits per heavy atom. The third-order valence-electron chi connectivity index (χ3n) is 1.50. The van der Waals surface area contributed by atoms with Crippen LogP contribution in [0.1, 0.15) is 12.8 Å². The van der Waals surface area contributed by atoms with Gasteiger partial charge in [-0.2, -0.15) is 4.31 Å². The average Bonchev–Trinajstić information content (AvgIpc) is 2.08. The maximum atomic E-state index is 10.3. The molecule has 0 saturated carbocycles. The van der Waals surface area contributed by atoms with Gasteiger partial charge >= 0.3 is 63.1 Å². The second kappa shape index (κ2) is 10.5. The minimum absolute atomic E-state index is 0. The van der Waals surface area contributed by atoms with E-state index in [1.807, 2.05) is 0 Å². The van der Waals surface area contributed by atoms with Crippen molar-refractivity contribution in [2.45, 2.75) is 18.4 Å². The second-order valence-electron chi connectivity index (χ2n) is 3.54. The van der Waals surface area contributed by atoms with Crippen LogP contribution in [0.3, 0.4) is 0 Å². The van der Waals surface area contributed by atoms with Gasteiger partial charge in [0.25, 0.3) is 0 Å². The monoisotopic (exact) mass is 394 g/mol. The first-order valence-corrected chi connectivity index (χ1v) is 7.76. The van der Waals surface area contributed by atoms with Crippen molar-refractivity contribution in [2.75, 3.05) is 0 Å². The van der Waals surface area contributed by atoms with Crippen LogP contribution in [0.5, 0.6) is 0 Å². The fourth-order valence-corrected chi connectivity index (χ4v) is 1.96. The number of carbonyl (C=O) groups is 3. The number of rotatable bonds is 7. The number of aliphatic carboxylic acids is 3. The van der Waals surface area contributed by atoms with E-state index in [0.29, 0.717) is 0 Å². The van der Waals surface area contributed by atoms with Gasteiger partial charge in [-0.15, -0.1) is 0 Å². The Morgan fingerprint density at radius 2 is 1.09 bits per heavy atom. The molecule has 132 valence electrons. The Balaban J connectivity index is -0.000000354. The van der Waals surface area contributed by atoms with E-state index in [1.54, 1.807) is 0 Å². The van der Waals surface area contributed by atoms with Gasteiger partial charge in [-0.25, -0.2) is 13.9 Å². The van der Waals surface area contributed by atoms with Gasteiger partial charge < -0.3 is 40.0 Å². The molecule has 0 bridgehead atoms. The molecule has 0 aromatic rings. The molecule has 8 N–H and O–H groups in total. The average molecular weight is 394 g/mol. The molecular formula is C6H13NaO14P2. The summed E-state index contributed by atoms with van der Waals surface area (Å²) in [5.41, 5.74) is -2.74. The third kappa shape index (κ3) is 17.8. The van der Waals surface area contributed by atoms with E-state index >= 15 is 0 Å². The van der Waals surface area contributed by atoms with Crippen LogP contribution in [0.25, 0.3) is 0 Å². The summed E-state index contributed by atoms with van der Waals surface area (Å²) in [5, 5.41) is 33.8. The first kappa shape index (κ1) is 27.5. The van der Waals surface area contributed by atoms with E-state index in [9.17, 15) is 23.5 Å². The topological polar surface area (TPSA) is 256 Å². The standard InChI is InChI=1S/C6H8O7.Na.H4O7P2.H/c7-3(8)1-6(13,5(11)12)2-4(9)10;;1-8(2,3)7-9(4,5)6;/h13H,1-2H2,(H,7,8)(H,9,10)(H,11,12);;(H2,1,2,3)(H2,4,5,6);. The first-order chi connectivity index (χ1) is 9.48. The van der Waals surface area contributed by atoms with Crippen molar-refractivity contribution in [3.8, 4) is 0 Å². The molecule has 0 aromatic carbocycles. The third-order valence-corrected chi connectivity index (χ3v) is 3.20. The number of hydrogen-bond acceptors (Lipinski definition) is 7. The van der Waals surface area contributed by atoms with Crippen molar-refractivity contribution in [1.82, 2.24) is 0 Å². The van der Waals surface area contributed by atoms with E-state index in [1.165, 1.54) is 0 Å². The van der Waals surface area contributed by atoms with E-state index in [2.05, 4.69) is 4.31 Å². The molecule has 0 rings (SSSR count). The van der Waals surface area contributed by atoms with Gasteiger partial charge in [0.05, 0.1) is 12.8 Å². The molecular weight excluding hydrogens is 381 g/mol. The van der Waals surface area contributed by atoms with Crippen molar-refractivity contribution < 1.29 is 67.8 Å². The van der Waals surface area contributed by atoms with Crippen LogP contribution >= 0.6 is 15.6 Å². The Bertz CT molecular complexity index is 481. The maximum absolute atomic E-state index is 10.3. The molecule has 0 saturated heterocycles. The Hall–Kier alpha value is -0.370. The van der Waals surface area contributed by atoms with Crippen LogP contribution in [0.4, 0.5) is 0 Å². The number of carboxylic acids is 3. The summed E-state index contributed by atoms with van der Waals surface area (Å²) in [6, 6.07) is 0. The van der Waals surface area contributed by atoms with Gasteiger partial charge in [-0.1, -0.05) is 0 Å². The molecule has 14 nitrogen and oxygen atoms in total. The molecule has 0 aromatic heterocycles. The SMILES string of the molecule is O=C(O)CC(O)(CC(=O)O)C(=O)O.O=P(O)(O)OP(=O)(O)O.[NaH]. The fourth-order valence-electron chi connectivity index (χ4n) is 0.853. The van der Waals surface area contributed by atoms with Crippen molar-refractivity contribution in [3.05, 3.63) is 0 Å². The van der Waals surface area contributed by atoms with E-state index < -0.39 is 52.0 Å². The van der Waals surface area contributed by atoms with Gasteiger partial charge in [0, 0.05) is 0 Å². The number of phosphoric acid groups is 2. The molecule has 0 aliphatic rings. The molecule has 17 heteroatoms. The van der Waals surface area contributed by atoms with Crippen LogP contribution in [0.15, 0.2) is 0 Å². The molecule has 0 atom stereocenters.